The molecular weight excluding hydrogens is 349 g/mol. The van der Waals surface area contributed by atoms with Crippen molar-refractivity contribution in [2.75, 3.05) is 32.7 Å². The first-order valence-electron chi connectivity index (χ1n) is 8.21. The van der Waals surface area contributed by atoms with Gasteiger partial charge in [-0.2, -0.15) is 0 Å². The van der Waals surface area contributed by atoms with Gasteiger partial charge in [0.05, 0.1) is 16.6 Å². The van der Waals surface area contributed by atoms with Crippen LogP contribution in [0.15, 0.2) is 18.2 Å². The van der Waals surface area contributed by atoms with E-state index < -0.39 is 0 Å². The summed E-state index contributed by atoms with van der Waals surface area (Å²) >= 11 is 11.7. The zero-order valence-corrected chi connectivity index (χ0v) is 14.9. The van der Waals surface area contributed by atoms with Crippen molar-refractivity contribution in [3.8, 4) is 0 Å². The molecule has 0 unspecified atom stereocenters. The Kier molecular flexibility index (Phi) is 5.33. The molecule has 2 heterocycles. The lowest BCUT2D eigenvalue weighted by Gasteiger charge is -2.38. The largest absolute Gasteiger partial charge is 0.343 e. The minimum absolute atomic E-state index is 0.00429. The van der Waals surface area contributed by atoms with E-state index in [9.17, 15) is 9.59 Å². The third-order valence-electron chi connectivity index (χ3n) is 5.09. The zero-order chi connectivity index (χ0) is 17.2. The molecule has 130 valence electrons. The topological polar surface area (TPSA) is 61.4 Å². The zero-order valence-electron chi connectivity index (χ0n) is 13.4. The Morgan fingerprint density at radius 1 is 1.17 bits per heavy atom. The maximum absolute atomic E-state index is 12.3. The monoisotopic (exact) mass is 369 g/mol. The molecule has 2 fully saturated rings. The standard InChI is InChI=1S/C17H21Cl2N3O2/c18-13-2-1-12(9-14(13)19)16(24)21-10-15(23)22-7-4-17(5-8-22)3-6-20-11-17/h1-2,9,20H,3-8,10-11H2,(H,21,24). The predicted octanol–water partition coefficient (Wildman–Crippen LogP) is 2.33. The number of amides is 2. The second-order valence-corrected chi connectivity index (χ2v) is 7.43. The van der Waals surface area contributed by atoms with Crippen molar-refractivity contribution in [3.05, 3.63) is 33.8 Å². The van der Waals surface area contributed by atoms with Gasteiger partial charge in [0.25, 0.3) is 5.91 Å². The van der Waals surface area contributed by atoms with E-state index >= 15 is 0 Å². The minimum Gasteiger partial charge on any atom is -0.343 e. The highest BCUT2D eigenvalue weighted by atomic mass is 35.5. The number of rotatable bonds is 3. The number of likely N-dealkylation sites (tertiary alicyclic amines) is 1. The van der Waals surface area contributed by atoms with E-state index in [0.29, 0.717) is 21.0 Å². The molecule has 2 aliphatic heterocycles. The maximum Gasteiger partial charge on any atom is 0.251 e. The molecule has 0 saturated carbocycles. The molecule has 1 aromatic rings. The third kappa shape index (κ3) is 3.85. The lowest BCUT2D eigenvalue weighted by molar-refractivity contribution is -0.132. The molecule has 2 saturated heterocycles. The summed E-state index contributed by atoms with van der Waals surface area (Å²) in [5.74, 6) is -0.361. The van der Waals surface area contributed by atoms with Crippen molar-refractivity contribution in [2.45, 2.75) is 19.3 Å². The van der Waals surface area contributed by atoms with Crippen molar-refractivity contribution >= 4 is 35.0 Å². The Morgan fingerprint density at radius 3 is 2.54 bits per heavy atom. The fourth-order valence-electron chi connectivity index (χ4n) is 3.46. The Balaban J connectivity index is 1.48. The van der Waals surface area contributed by atoms with Gasteiger partial charge in [0.2, 0.25) is 5.91 Å². The number of hydrogen-bond donors (Lipinski definition) is 2. The number of carbonyl (C=O) groups is 2. The molecule has 0 atom stereocenters. The fraction of sp³-hybridized carbons (Fsp3) is 0.529. The molecule has 7 heteroatoms. The van der Waals surface area contributed by atoms with E-state index in [0.717, 1.165) is 39.0 Å². The highest BCUT2D eigenvalue weighted by molar-refractivity contribution is 6.42. The smallest absolute Gasteiger partial charge is 0.251 e. The molecule has 0 aliphatic carbocycles. The lowest BCUT2D eigenvalue weighted by atomic mass is 9.78. The van der Waals surface area contributed by atoms with Crippen LogP contribution in [0.3, 0.4) is 0 Å². The van der Waals surface area contributed by atoms with Gasteiger partial charge in [0.1, 0.15) is 0 Å². The summed E-state index contributed by atoms with van der Waals surface area (Å²) in [7, 11) is 0. The molecule has 2 amide bonds. The van der Waals surface area contributed by atoms with Crippen LogP contribution in [0, 0.1) is 5.41 Å². The third-order valence-corrected chi connectivity index (χ3v) is 5.83. The normalized spacial score (nSPS) is 19.5. The van der Waals surface area contributed by atoms with E-state index in [4.69, 9.17) is 23.2 Å². The number of nitrogens with zero attached hydrogens (tertiary/aromatic N) is 1. The summed E-state index contributed by atoms with van der Waals surface area (Å²) < 4.78 is 0. The van der Waals surface area contributed by atoms with Crippen LogP contribution in [0.25, 0.3) is 0 Å². The number of piperidine rings is 1. The van der Waals surface area contributed by atoms with Crippen LogP contribution >= 0.6 is 23.2 Å². The van der Waals surface area contributed by atoms with Crippen LogP contribution < -0.4 is 10.6 Å². The summed E-state index contributed by atoms with van der Waals surface area (Å²) in [6, 6.07) is 4.66. The summed E-state index contributed by atoms with van der Waals surface area (Å²) in [5.41, 5.74) is 0.770. The number of halogens is 2. The second-order valence-electron chi connectivity index (χ2n) is 6.62. The van der Waals surface area contributed by atoms with Crippen molar-refractivity contribution in [3.63, 3.8) is 0 Å². The van der Waals surface area contributed by atoms with Gasteiger partial charge in [-0.3, -0.25) is 9.59 Å². The highest BCUT2D eigenvalue weighted by Crippen LogP contribution is 2.36. The van der Waals surface area contributed by atoms with E-state index in [1.54, 1.807) is 12.1 Å². The van der Waals surface area contributed by atoms with Crippen LogP contribution in [0.2, 0.25) is 10.0 Å². The molecule has 3 rings (SSSR count). The molecule has 24 heavy (non-hydrogen) atoms. The summed E-state index contributed by atoms with van der Waals surface area (Å²) in [4.78, 5) is 26.3. The first kappa shape index (κ1) is 17.5. The van der Waals surface area contributed by atoms with E-state index in [1.807, 2.05) is 4.90 Å². The summed E-state index contributed by atoms with van der Waals surface area (Å²) in [6.07, 6.45) is 3.27. The van der Waals surface area contributed by atoms with Gasteiger partial charge in [-0.25, -0.2) is 0 Å². The highest BCUT2D eigenvalue weighted by Gasteiger charge is 2.37. The average Bonchev–Trinajstić information content (AvgIpc) is 3.03. The first-order valence-corrected chi connectivity index (χ1v) is 8.96. The van der Waals surface area contributed by atoms with Gasteiger partial charge in [0.15, 0.2) is 0 Å². The minimum atomic E-state index is -0.324. The summed E-state index contributed by atoms with van der Waals surface area (Å²) in [6.45, 7) is 3.67. The Hall–Kier alpha value is -1.30. The molecule has 1 aromatic carbocycles. The number of hydrogen-bond acceptors (Lipinski definition) is 3. The molecular formula is C17H21Cl2N3O2. The first-order chi connectivity index (χ1) is 11.5. The molecule has 0 radical (unpaired) electrons. The average molecular weight is 370 g/mol. The van der Waals surface area contributed by atoms with Crippen LogP contribution in [0.1, 0.15) is 29.6 Å². The van der Waals surface area contributed by atoms with E-state index in [2.05, 4.69) is 10.6 Å². The molecule has 0 bridgehead atoms. The molecule has 1 spiro atoms. The molecule has 2 aliphatic rings. The Morgan fingerprint density at radius 2 is 1.92 bits per heavy atom. The SMILES string of the molecule is O=C(NCC(=O)N1CCC2(CCNC2)CC1)c1ccc(Cl)c(Cl)c1. The Labute approximate surface area is 151 Å². The van der Waals surface area contributed by atoms with Gasteiger partial charge in [-0.15, -0.1) is 0 Å². The van der Waals surface area contributed by atoms with Gasteiger partial charge in [-0.05, 0) is 49.4 Å². The van der Waals surface area contributed by atoms with Crippen molar-refractivity contribution < 1.29 is 9.59 Å². The number of carbonyl (C=O) groups excluding carboxylic acids is 2. The van der Waals surface area contributed by atoms with Crippen molar-refractivity contribution in [1.29, 1.82) is 0 Å². The number of nitrogens with one attached hydrogen (secondary N) is 2. The van der Waals surface area contributed by atoms with Gasteiger partial charge in [0, 0.05) is 25.2 Å². The van der Waals surface area contributed by atoms with Crippen molar-refractivity contribution in [1.82, 2.24) is 15.5 Å². The van der Waals surface area contributed by atoms with Gasteiger partial charge < -0.3 is 15.5 Å². The van der Waals surface area contributed by atoms with Crippen LogP contribution in [-0.4, -0.2) is 49.4 Å². The van der Waals surface area contributed by atoms with Crippen LogP contribution in [0.5, 0.6) is 0 Å². The van der Waals surface area contributed by atoms with Gasteiger partial charge in [-0.1, -0.05) is 23.2 Å². The van der Waals surface area contributed by atoms with E-state index in [1.165, 1.54) is 12.5 Å². The fourth-order valence-corrected chi connectivity index (χ4v) is 3.76. The summed E-state index contributed by atoms with van der Waals surface area (Å²) in [5, 5.41) is 6.79. The van der Waals surface area contributed by atoms with Crippen LogP contribution in [0.4, 0.5) is 0 Å². The molecule has 2 N–H and O–H groups in total. The predicted molar refractivity (Wildman–Crippen MR) is 94.5 cm³/mol. The molecule has 5 nitrogen and oxygen atoms in total. The quantitative estimate of drug-likeness (QED) is 0.859. The lowest BCUT2D eigenvalue weighted by Crippen LogP contribution is -2.47. The van der Waals surface area contributed by atoms with Crippen molar-refractivity contribution in [2.24, 2.45) is 5.41 Å². The second kappa shape index (κ2) is 7.30. The van der Waals surface area contributed by atoms with Crippen LogP contribution in [-0.2, 0) is 4.79 Å². The maximum atomic E-state index is 12.3. The number of benzene rings is 1. The Bertz CT molecular complexity index is 635. The van der Waals surface area contributed by atoms with E-state index in [-0.39, 0.29) is 18.4 Å². The van der Waals surface area contributed by atoms with Gasteiger partial charge >= 0.3 is 0 Å². The molecule has 0 aromatic heterocycles.